The van der Waals surface area contributed by atoms with Crippen molar-refractivity contribution < 1.29 is 26.7 Å². The van der Waals surface area contributed by atoms with Crippen LogP contribution < -0.4 is 4.74 Å². The first kappa shape index (κ1) is 19.6. The van der Waals surface area contributed by atoms with Crippen molar-refractivity contribution in [1.82, 2.24) is 0 Å². The Labute approximate surface area is 158 Å². The number of benzene rings is 3. The van der Waals surface area contributed by atoms with E-state index < -0.39 is 23.7 Å². The first-order valence-corrected chi connectivity index (χ1v) is 8.26. The normalized spacial score (nSPS) is 11.4. The van der Waals surface area contributed by atoms with E-state index in [0.717, 1.165) is 11.6 Å². The van der Waals surface area contributed by atoms with Gasteiger partial charge >= 0.3 is 6.36 Å². The lowest BCUT2D eigenvalue weighted by Gasteiger charge is -2.16. The highest BCUT2D eigenvalue weighted by Crippen LogP contribution is 2.37. The molecule has 0 saturated heterocycles. The molecule has 28 heavy (non-hydrogen) atoms. The average Bonchev–Trinajstić information content (AvgIpc) is 2.62. The fourth-order valence-corrected chi connectivity index (χ4v) is 2.84. The second-order valence-electron chi connectivity index (χ2n) is 6.22. The Kier molecular flexibility index (Phi) is 5.23. The summed E-state index contributed by atoms with van der Waals surface area (Å²) in [6, 6.07) is 15.5. The Morgan fingerprint density at radius 2 is 1.46 bits per heavy atom. The van der Waals surface area contributed by atoms with Crippen molar-refractivity contribution in [3.8, 4) is 28.0 Å². The van der Waals surface area contributed by atoms with Gasteiger partial charge in [-0.05, 0) is 47.4 Å². The average molecular weight is 390 g/mol. The Morgan fingerprint density at radius 3 is 2.04 bits per heavy atom. The Bertz CT molecular complexity index is 1020. The van der Waals surface area contributed by atoms with Gasteiger partial charge in [-0.25, -0.2) is 8.78 Å². The van der Waals surface area contributed by atoms with E-state index in [1.165, 1.54) is 25.1 Å². The summed E-state index contributed by atoms with van der Waals surface area (Å²) in [5, 5.41) is 0. The van der Waals surface area contributed by atoms with E-state index >= 15 is 0 Å². The molecule has 0 aliphatic carbocycles. The van der Waals surface area contributed by atoms with Gasteiger partial charge in [0, 0.05) is 11.1 Å². The molecule has 6 heteroatoms. The van der Waals surface area contributed by atoms with Crippen LogP contribution in [0.2, 0.25) is 0 Å². The van der Waals surface area contributed by atoms with Crippen LogP contribution in [0, 0.1) is 11.6 Å². The molecule has 0 spiro atoms. The zero-order valence-electron chi connectivity index (χ0n) is 14.8. The Balaban J connectivity index is 2.08. The summed E-state index contributed by atoms with van der Waals surface area (Å²) in [6.07, 6.45) is -5.06. The van der Waals surface area contributed by atoms with Crippen LogP contribution in [0.15, 0.2) is 67.2 Å². The summed E-state index contributed by atoms with van der Waals surface area (Å²) in [5.74, 6) is -2.86. The van der Waals surface area contributed by atoms with Gasteiger partial charge in [0.2, 0.25) is 0 Å². The lowest BCUT2D eigenvalue weighted by molar-refractivity contribution is -0.275. The van der Waals surface area contributed by atoms with E-state index in [-0.39, 0.29) is 22.3 Å². The third-order valence-corrected chi connectivity index (χ3v) is 4.11. The summed E-state index contributed by atoms with van der Waals surface area (Å²) in [4.78, 5) is 0. The first-order chi connectivity index (χ1) is 13.2. The van der Waals surface area contributed by atoms with Crippen molar-refractivity contribution in [3.63, 3.8) is 0 Å². The van der Waals surface area contributed by atoms with E-state index in [4.69, 9.17) is 0 Å². The van der Waals surface area contributed by atoms with Crippen molar-refractivity contribution >= 4 is 5.57 Å². The SMILES string of the molecule is C=C(C)c1cc(-c2ccc(-c3ccccc3)cc2F)cc(F)c1OC(F)(F)F. The van der Waals surface area contributed by atoms with E-state index in [1.807, 2.05) is 30.3 Å². The number of halogens is 5. The predicted molar refractivity (Wildman–Crippen MR) is 98.6 cm³/mol. The Morgan fingerprint density at radius 1 is 0.821 bits per heavy atom. The molecule has 3 aromatic carbocycles. The molecular weight excluding hydrogens is 375 g/mol. The van der Waals surface area contributed by atoms with Crippen molar-refractivity contribution in [1.29, 1.82) is 0 Å². The lowest BCUT2D eigenvalue weighted by Crippen LogP contribution is -2.19. The molecule has 3 rings (SSSR count). The minimum absolute atomic E-state index is 0.0552. The van der Waals surface area contributed by atoms with E-state index in [2.05, 4.69) is 11.3 Å². The summed E-state index contributed by atoms with van der Waals surface area (Å²) in [6.45, 7) is 4.97. The minimum atomic E-state index is -5.06. The maximum absolute atomic E-state index is 14.7. The minimum Gasteiger partial charge on any atom is -0.402 e. The molecule has 0 aliphatic rings. The molecule has 0 saturated carbocycles. The molecule has 0 radical (unpaired) electrons. The quantitative estimate of drug-likeness (QED) is 0.427. The Hall–Kier alpha value is -3.15. The maximum Gasteiger partial charge on any atom is 0.573 e. The maximum atomic E-state index is 14.7. The summed E-state index contributed by atoms with van der Waals surface area (Å²) < 4.78 is 70.6. The number of hydrogen-bond acceptors (Lipinski definition) is 1. The topological polar surface area (TPSA) is 9.23 Å². The van der Waals surface area contributed by atoms with Gasteiger partial charge < -0.3 is 4.74 Å². The van der Waals surface area contributed by atoms with E-state index in [1.54, 1.807) is 6.07 Å². The smallest absolute Gasteiger partial charge is 0.402 e. The molecule has 0 aliphatic heterocycles. The second kappa shape index (κ2) is 7.46. The molecule has 0 fully saturated rings. The molecule has 1 nitrogen and oxygen atoms in total. The standard InChI is InChI=1S/C22H15F5O/c1-13(2)18-10-16(12-20(24)21(18)28-22(25,26)27)17-9-8-15(11-19(17)23)14-6-4-3-5-7-14/h3-12H,1H2,2H3. The predicted octanol–water partition coefficient (Wildman–Crippen LogP) is 7.23. The van der Waals surface area contributed by atoms with Gasteiger partial charge in [0.1, 0.15) is 5.82 Å². The summed E-state index contributed by atoms with van der Waals surface area (Å²) in [7, 11) is 0. The molecule has 0 amide bonds. The van der Waals surface area contributed by atoms with Crippen molar-refractivity contribution in [2.45, 2.75) is 13.3 Å². The van der Waals surface area contributed by atoms with Crippen LogP contribution in [0.4, 0.5) is 22.0 Å². The highest BCUT2D eigenvalue weighted by Gasteiger charge is 2.34. The lowest BCUT2D eigenvalue weighted by atomic mass is 9.96. The third kappa shape index (κ3) is 4.22. The van der Waals surface area contributed by atoms with Gasteiger partial charge in [-0.15, -0.1) is 13.2 Å². The molecular formula is C22H15F5O. The van der Waals surface area contributed by atoms with E-state index in [0.29, 0.717) is 5.56 Å². The molecule has 0 bridgehead atoms. The second-order valence-corrected chi connectivity index (χ2v) is 6.22. The van der Waals surface area contributed by atoms with Crippen LogP contribution in [-0.4, -0.2) is 6.36 Å². The number of hydrogen-bond donors (Lipinski definition) is 0. The number of allylic oxidation sites excluding steroid dienone is 1. The van der Waals surface area contributed by atoms with Crippen molar-refractivity contribution in [2.75, 3.05) is 0 Å². The van der Waals surface area contributed by atoms with Gasteiger partial charge in [-0.1, -0.05) is 49.0 Å². The highest BCUT2D eigenvalue weighted by molar-refractivity contribution is 5.77. The van der Waals surface area contributed by atoms with Crippen molar-refractivity contribution in [2.24, 2.45) is 0 Å². The zero-order valence-corrected chi connectivity index (χ0v) is 14.8. The van der Waals surface area contributed by atoms with Gasteiger partial charge in [0.15, 0.2) is 11.6 Å². The molecule has 0 unspecified atom stereocenters. The molecule has 0 N–H and O–H groups in total. The highest BCUT2D eigenvalue weighted by atomic mass is 19.4. The number of rotatable bonds is 4. The van der Waals surface area contributed by atoms with Crippen LogP contribution in [-0.2, 0) is 0 Å². The molecule has 0 heterocycles. The summed E-state index contributed by atoms with van der Waals surface area (Å²) >= 11 is 0. The van der Waals surface area contributed by atoms with Crippen LogP contribution in [0.5, 0.6) is 5.75 Å². The first-order valence-electron chi connectivity index (χ1n) is 8.26. The summed E-state index contributed by atoms with van der Waals surface area (Å²) in [5.41, 5.74) is 1.54. The van der Waals surface area contributed by atoms with Gasteiger partial charge in [0.05, 0.1) is 0 Å². The van der Waals surface area contributed by atoms with Gasteiger partial charge in [-0.2, -0.15) is 0 Å². The monoisotopic (exact) mass is 390 g/mol. The molecule has 3 aromatic rings. The molecule has 0 aromatic heterocycles. The van der Waals surface area contributed by atoms with Crippen LogP contribution in [0.1, 0.15) is 12.5 Å². The fraction of sp³-hybridized carbons (Fsp3) is 0.0909. The zero-order chi connectivity index (χ0) is 20.5. The number of ether oxygens (including phenoxy) is 1. The molecule has 0 atom stereocenters. The number of alkyl halides is 3. The molecule has 144 valence electrons. The van der Waals surface area contributed by atoms with Crippen molar-refractivity contribution in [3.05, 3.63) is 84.4 Å². The van der Waals surface area contributed by atoms with Crippen LogP contribution >= 0.6 is 0 Å². The van der Waals surface area contributed by atoms with Crippen LogP contribution in [0.25, 0.3) is 27.8 Å². The van der Waals surface area contributed by atoms with Crippen LogP contribution in [0.3, 0.4) is 0 Å². The van der Waals surface area contributed by atoms with Gasteiger partial charge in [0.25, 0.3) is 0 Å². The fourth-order valence-electron chi connectivity index (χ4n) is 2.84. The van der Waals surface area contributed by atoms with Gasteiger partial charge in [-0.3, -0.25) is 0 Å². The largest absolute Gasteiger partial charge is 0.573 e. The van der Waals surface area contributed by atoms with E-state index in [9.17, 15) is 22.0 Å². The third-order valence-electron chi connectivity index (χ3n) is 4.11.